The zero-order chi connectivity index (χ0) is 14.4. The number of amides is 1. The topological polar surface area (TPSA) is 46.2 Å². The number of ketones is 1. The van der Waals surface area contributed by atoms with Crippen LogP contribution in [0.3, 0.4) is 0 Å². The van der Waals surface area contributed by atoms with Gasteiger partial charge in [-0.2, -0.15) is 0 Å². The van der Waals surface area contributed by atoms with Crippen molar-refractivity contribution in [3.05, 3.63) is 70.7 Å². The summed E-state index contributed by atoms with van der Waals surface area (Å²) < 4.78 is 0. The molecule has 0 heterocycles. The summed E-state index contributed by atoms with van der Waals surface area (Å²) in [5.74, 6) is -0.262. The maximum absolute atomic E-state index is 11.9. The van der Waals surface area contributed by atoms with Crippen LogP contribution in [-0.4, -0.2) is 18.2 Å². The second kappa shape index (κ2) is 6.87. The molecule has 0 radical (unpaired) electrons. The van der Waals surface area contributed by atoms with Gasteiger partial charge in [0.15, 0.2) is 5.78 Å². The van der Waals surface area contributed by atoms with Gasteiger partial charge in [-0.1, -0.05) is 54.1 Å². The van der Waals surface area contributed by atoms with Crippen LogP contribution in [0, 0.1) is 0 Å². The molecule has 3 nitrogen and oxygen atoms in total. The number of hydrogen-bond acceptors (Lipinski definition) is 2. The lowest BCUT2D eigenvalue weighted by molar-refractivity contribution is 0.0940. The van der Waals surface area contributed by atoms with Gasteiger partial charge in [-0.15, -0.1) is 0 Å². The molecule has 0 bridgehead atoms. The first-order valence-corrected chi connectivity index (χ1v) is 6.67. The average Bonchev–Trinajstić information content (AvgIpc) is 2.48. The molecule has 0 aliphatic rings. The number of carbonyl (C=O) groups is 2. The predicted molar refractivity (Wildman–Crippen MR) is 79.2 cm³/mol. The van der Waals surface area contributed by atoms with Crippen molar-refractivity contribution in [1.29, 1.82) is 0 Å². The van der Waals surface area contributed by atoms with Gasteiger partial charge in [-0.3, -0.25) is 9.59 Å². The zero-order valence-corrected chi connectivity index (χ0v) is 11.6. The van der Waals surface area contributed by atoms with E-state index < -0.39 is 0 Å². The molecule has 2 aromatic carbocycles. The highest BCUT2D eigenvalue weighted by molar-refractivity contribution is 6.33. The van der Waals surface area contributed by atoms with E-state index in [1.165, 1.54) is 0 Å². The van der Waals surface area contributed by atoms with Crippen molar-refractivity contribution < 1.29 is 9.59 Å². The number of carbonyl (C=O) groups excluding carboxylic acids is 2. The fourth-order valence-corrected chi connectivity index (χ4v) is 2.02. The van der Waals surface area contributed by atoms with Crippen molar-refractivity contribution in [2.24, 2.45) is 0 Å². The molecule has 2 rings (SSSR count). The van der Waals surface area contributed by atoms with Crippen molar-refractivity contribution >= 4 is 23.3 Å². The van der Waals surface area contributed by atoms with Crippen LogP contribution < -0.4 is 5.32 Å². The molecule has 20 heavy (non-hydrogen) atoms. The third-order valence-corrected chi connectivity index (χ3v) is 3.18. The monoisotopic (exact) mass is 287 g/mol. The Bertz CT molecular complexity index is 611. The molecule has 0 atom stereocenters. The Hall–Kier alpha value is -2.13. The summed E-state index contributed by atoms with van der Waals surface area (Å²) >= 11 is 5.93. The van der Waals surface area contributed by atoms with Gasteiger partial charge in [0.2, 0.25) is 0 Å². The summed E-state index contributed by atoms with van der Waals surface area (Å²) in [6, 6.07) is 15.8. The Morgan fingerprint density at radius 1 is 0.950 bits per heavy atom. The molecule has 4 heteroatoms. The van der Waals surface area contributed by atoms with E-state index in [2.05, 4.69) is 5.32 Å². The van der Waals surface area contributed by atoms with E-state index in [1.807, 2.05) is 18.2 Å². The highest BCUT2D eigenvalue weighted by atomic mass is 35.5. The van der Waals surface area contributed by atoms with Crippen LogP contribution in [0.1, 0.15) is 27.1 Å². The van der Waals surface area contributed by atoms with Crippen molar-refractivity contribution in [3.63, 3.8) is 0 Å². The van der Waals surface area contributed by atoms with E-state index in [0.29, 0.717) is 16.1 Å². The van der Waals surface area contributed by atoms with E-state index in [1.54, 1.807) is 36.4 Å². The minimum atomic E-state index is -0.267. The van der Waals surface area contributed by atoms with Gasteiger partial charge in [-0.25, -0.2) is 0 Å². The van der Waals surface area contributed by atoms with Gasteiger partial charge in [0, 0.05) is 18.5 Å². The molecule has 2 aromatic rings. The molecule has 1 N–H and O–H groups in total. The highest BCUT2D eigenvalue weighted by Crippen LogP contribution is 2.14. The number of benzene rings is 2. The van der Waals surface area contributed by atoms with Gasteiger partial charge >= 0.3 is 0 Å². The summed E-state index contributed by atoms with van der Waals surface area (Å²) in [5, 5.41) is 3.10. The maximum Gasteiger partial charge on any atom is 0.252 e. The summed E-state index contributed by atoms with van der Waals surface area (Å²) in [7, 11) is 0. The molecule has 0 aromatic heterocycles. The van der Waals surface area contributed by atoms with Crippen LogP contribution in [0.5, 0.6) is 0 Å². The number of Topliss-reactive ketones (excluding diaryl/α,β-unsaturated/α-hetero) is 1. The van der Waals surface area contributed by atoms with Crippen molar-refractivity contribution in [2.45, 2.75) is 6.42 Å². The molecular weight excluding hydrogens is 274 g/mol. The standard InChI is InChI=1S/C16H14ClNO2/c17-14-9-5-4-8-13(14)16(20)18-11-10-15(19)12-6-2-1-3-7-12/h1-9H,10-11H2,(H,18,20). The van der Waals surface area contributed by atoms with Crippen LogP contribution in [-0.2, 0) is 0 Å². The summed E-state index contributed by atoms with van der Waals surface area (Å²) in [6.07, 6.45) is 0.264. The number of hydrogen-bond donors (Lipinski definition) is 1. The summed E-state index contributed by atoms with van der Waals surface area (Å²) in [4.78, 5) is 23.7. The lowest BCUT2D eigenvalue weighted by Crippen LogP contribution is -2.26. The lowest BCUT2D eigenvalue weighted by atomic mass is 10.1. The predicted octanol–water partition coefficient (Wildman–Crippen LogP) is 3.34. The molecular formula is C16H14ClNO2. The molecule has 0 unspecified atom stereocenters. The fraction of sp³-hybridized carbons (Fsp3) is 0.125. The third-order valence-electron chi connectivity index (χ3n) is 2.85. The second-order valence-electron chi connectivity index (χ2n) is 4.27. The SMILES string of the molecule is O=C(CCNC(=O)c1ccccc1Cl)c1ccccc1. The second-order valence-corrected chi connectivity index (χ2v) is 4.68. The zero-order valence-electron chi connectivity index (χ0n) is 10.8. The van der Waals surface area contributed by atoms with E-state index in [0.717, 1.165) is 0 Å². The van der Waals surface area contributed by atoms with Crippen molar-refractivity contribution in [3.8, 4) is 0 Å². The minimum absolute atomic E-state index is 0.00468. The smallest absolute Gasteiger partial charge is 0.252 e. The Kier molecular flexibility index (Phi) is 4.91. The van der Waals surface area contributed by atoms with Gasteiger partial charge in [0.05, 0.1) is 10.6 Å². The van der Waals surface area contributed by atoms with E-state index >= 15 is 0 Å². The third kappa shape index (κ3) is 3.68. The van der Waals surface area contributed by atoms with Crippen LogP contribution in [0.4, 0.5) is 0 Å². The quantitative estimate of drug-likeness (QED) is 0.857. The summed E-state index contributed by atoms with van der Waals surface area (Å²) in [6.45, 7) is 0.289. The number of rotatable bonds is 5. The summed E-state index contributed by atoms with van der Waals surface area (Å²) in [5.41, 5.74) is 1.07. The van der Waals surface area contributed by atoms with Crippen LogP contribution in [0.2, 0.25) is 5.02 Å². The molecule has 102 valence electrons. The molecule has 1 amide bonds. The first kappa shape index (κ1) is 14.3. The molecule has 0 saturated heterocycles. The lowest BCUT2D eigenvalue weighted by Gasteiger charge is -2.06. The van der Waals surface area contributed by atoms with Crippen LogP contribution >= 0.6 is 11.6 Å². The Balaban J connectivity index is 1.86. The Morgan fingerprint density at radius 3 is 2.30 bits per heavy atom. The van der Waals surface area contributed by atoms with Crippen molar-refractivity contribution in [1.82, 2.24) is 5.32 Å². The molecule has 0 saturated carbocycles. The largest absolute Gasteiger partial charge is 0.352 e. The average molecular weight is 288 g/mol. The molecule has 0 aliphatic carbocycles. The number of nitrogens with one attached hydrogen (secondary N) is 1. The van der Waals surface area contributed by atoms with Crippen molar-refractivity contribution in [2.75, 3.05) is 6.54 Å². The Labute approximate surface area is 122 Å². The van der Waals surface area contributed by atoms with Gasteiger partial charge in [0.25, 0.3) is 5.91 Å². The van der Waals surface area contributed by atoms with Gasteiger partial charge in [-0.05, 0) is 12.1 Å². The van der Waals surface area contributed by atoms with Crippen LogP contribution in [0.15, 0.2) is 54.6 Å². The maximum atomic E-state index is 11.9. The van der Waals surface area contributed by atoms with E-state index in [4.69, 9.17) is 11.6 Å². The van der Waals surface area contributed by atoms with E-state index in [9.17, 15) is 9.59 Å². The highest BCUT2D eigenvalue weighted by Gasteiger charge is 2.10. The van der Waals surface area contributed by atoms with Gasteiger partial charge in [0.1, 0.15) is 0 Å². The van der Waals surface area contributed by atoms with Crippen LogP contribution in [0.25, 0.3) is 0 Å². The molecule has 0 spiro atoms. The van der Waals surface area contributed by atoms with E-state index in [-0.39, 0.29) is 24.7 Å². The first-order valence-electron chi connectivity index (χ1n) is 6.29. The molecule has 0 aliphatic heterocycles. The first-order chi connectivity index (χ1) is 9.68. The fourth-order valence-electron chi connectivity index (χ4n) is 1.80. The number of halogens is 1. The normalized spacial score (nSPS) is 10.1. The Morgan fingerprint density at radius 2 is 1.60 bits per heavy atom. The molecule has 0 fully saturated rings. The van der Waals surface area contributed by atoms with Gasteiger partial charge < -0.3 is 5.32 Å². The minimum Gasteiger partial charge on any atom is -0.352 e.